The first-order chi connectivity index (χ1) is 7.06. The van der Waals surface area contributed by atoms with Crippen molar-refractivity contribution in [3.63, 3.8) is 0 Å². The van der Waals surface area contributed by atoms with E-state index in [0.29, 0.717) is 36.8 Å². The van der Waals surface area contributed by atoms with Gasteiger partial charge in [0.2, 0.25) is 5.89 Å². The smallest absolute Gasteiger partial charge is 0.318 e. The summed E-state index contributed by atoms with van der Waals surface area (Å²) < 4.78 is 5.48. The van der Waals surface area contributed by atoms with Gasteiger partial charge in [-0.15, -0.1) is 5.10 Å². The number of hydrogen-bond donors (Lipinski definition) is 1. The van der Waals surface area contributed by atoms with Gasteiger partial charge in [0.1, 0.15) is 0 Å². The van der Waals surface area contributed by atoms with Crippen molar-refractivity contribution in [2.24, 2.45) is 11.7 Å². The molecule has 0 radical (unpaired) electrons. The SMILES string of the molecule is CC(C)C(C)N(C)c1nnc(CCN)o1. The Hall–Kier alpha value is -1.10. The topological polar surface area (TPSA) is 68.2 Å². The normalized spacial score (nSPS) is 13.2. The van der Waals surface area contributed by atoms with Gasteiger partial charge >= 0.3 is 6.01 Å². The van der Waals surface area contributed by atoms with E-state index in [0.717, 1.165) is 0 Å². The molecular formula is C10H20N4O. The largest absolute Gasteiger partial charge is 0.408 e. The Morgan fingerprint density at radius 2 is 2.00 bits per heavy atom. The monoisotopic (exact) mass is 212 g/mol. The second-order valence-electron chi connectivity index (χ2n) is 4.11. The van der Waals surface area contributed by atoms with Crippen LogP contribution in [0.3, 0.4) is 0 Å². The maximum Gasteiger partial charge on any atom is 0.318 e. The summed E-state index contributed by atoms with van der Waals surface area (Å²) in [5.41, 5.74) is 5.41. The molecule has 5 nitrogen and oxygen atoms in total. The molecular weight excluding hydrogens is 192 g/mol. The van der Waals surface area contributed by atoms with E-state index in [1.807, 2.05) is 11.9 Å². The lowest BCUT2D eigenvalue weighted by Gasteiger charge is -2.25. The minimum absolute atomic E-state index is 0.371. The van der Waals surface area contributed by atoms with Crippen LogP contribution in [0.2, 0.25) is 0 Å². The summed E-state index contributed by atoms with van der Waals surface area (Å²) in [6, 6.07) is 0.941. The molecule has 1 atom stereocenters. The van der Waals surface area contributed by atoms with Gasteiger partial charge in [-0.2, -0.15) is 0 Å². The van der Waals surface area contributed by atoms with Gasteiger partial charge in [0, 0.05) is 26.1 Å². The van der Waals surface area contributed by atoms with E-state index in [4.69, 9.17) is 10.2 Å². The molecule has 1 heterocycles. The van der Waals surface area contributed by atoms with Crippen LogP contribution in [0.5, 0.6) is 0 Å². The summed E-state index contributed by atoms with van der Waals surface area (Å²) >= 11 is 0. The number of hydrogen-bond acceptors (Lipinski definition) is 5. The van der Waals surface area contributed by atoms with Crippen molar-refractivity contribution in [2.75, 3.05) is 18.5 Å². The highest BCUT2D eigenvalue weighted by molar-refractivity contribution is 5.24. The highest BCUT2D eigenvalue weighted by Crippen LogP contribution is 2.17. The van der Waals surface area contributed by atoms with Gasteiger partial charge in [-0.3, -0.25) is 0 Å². The van der Waals surface area contributed by atoms with Crippen LogP contribution >= 0.6 is 0 Å². The third kappa shape index (κ3) is 2.92. The molecule has 0 saturated heterocycles. The van der Waals surface area contributed by atoms with Gasteiger partial charge < -0.3 is 15.1 Å². The first-order valence-corrected chi connectivity index (χ1v) is 5.31. The predicted octanol–water partition coefficient (Wildman–Crippen LogP) is 1.05. The Morgan fingerprint density at radius 3 is 2.53 bits per heavy atom. The van der Waals surface area contributed by atoms with Crippen molar-refractivity contribution in [2.45, 2.75) is 33.2 Å². The van der Waals surface area contributed by atoms with E-state index in [1.165, 1.54) is 0 Å². The summed E-state index contributed by atoms with van der Waals surface area (Å²) in [6.45, 7) is 7.00. The third-order valence-electron chi connectivity index (χ3n) is 2.69. The van der Waals surface area contributed by atoms with E-state index in [-0.39, 0.29) is 0 Å². The van der Waals surface area contributed by atoms with Crippen LogP contribution in [0.15, 0.2) is 4.42 Å². The number of anilines is 1. The predicted molar refractivity (Wildman–Crippen MR) is 59.8 cm³/mol. The van der Waals surface area contributed by atoms with E-state index in [1.54, 1.807) is 0 Å². The van der Waals surface area contributed by atoms with Crippen molar-refractivity contribution in [1.29, 1.82) is 0 Å². The van der Waals surface area contributed by atoms with Crippen molar-refractivity contribution in [3.05, 3.63) is 5.89 Å². The molecule has 0 spiro atoms. The second kappa shape index (κ2) is 5.11. The van der Waals surface area contributed by atoms with Gasteiger partial charge in [0.15, 0.2) is 0 Å². The summed E-state index contributed by atoms with van der Waals surface area (Å²) in [5, 5.41) is 7.92. The standard InChI is InChI=1S/C10H20N4O/c1-7(2)8(3)14(4)10-13-12-9(15-10)5-6-11/h7-8H,5-6,11H2,1-4H3. The Bertz CT molecular complexity index is 297. The molecule has 0 aliphatic carbocycles. The van der Waals surface area contributed by atoms with Crippen LogP contribution in [-0.4, -0.2) is 29.8 Å². The van der Waals surface area contributed by atoms with E-state index in [9.17, 15) is 0 Å². The Morgan fingerprint density at radius 1 is 1.33 bits per heavy atom. The molecule has 0 aromatic carbocycles. The molecule has 1 unspecified atom stereocenters. The molecule has 1 aromatic heterocycles. The second-order valence-corrected chi connectivity index (χ2v) is 4.11. The Balaban J connectivity index is 2.69. The average molecular weight is 212 g/mol. The van der Waals surface area contributed by atoms with Crippen molar-refractivity contribution in [3.8, 4) is 0 Å². The number of nitrogens with zero attached hydrogens (tertiary/aromatic N) is 3. The summed E-state index contributed by atoms with van der Waals surface area (Å²) in [6.07, 6.45) is 0.636. The molecule has 0 saturated carbocycles. The van der Waals surface area contributed by atoms with Crippen LogP contribution in [0.1, 0.15) is 26.7 Å². The summed E-state index contributed by atoms with van der Waals surface area (Å²) in [7, 11) is 1.96. The molecule has 1 aromatic rings. The first-order valence-electron chi connectivity index (χ1n) is 5.31. The fourth-order valence-electron chi connectivity index (χ4n) is 1.23. The zero-order chi connectivity index (χ0) is 11.4. The molecule has 0 fully saturated rings. The summed E-state index contributed by atoms with van der Waals surface area (Å²) in [4.78, 5) is 2.00. The van der Waals surface area contributed by atoms with Gasteiger partial charge in [0.05, 0.1) is 0 Å². The third-order valence-corrected chi connectivity index (χ3v) is 2.69. The van der Waals surface area contributed by atoms with Crippen molar-refractivity contribution < 1.29 is 4.42 Å². The molecule has 86 valence electrons. The lowest BCUT2D eigenvalue weighted by Crippen LogP contribution is -2.33. The maximum absolute atomic E-state index is 5.48. The molecule has 0 aliphatic heterocycles. The zero-order valence-electron chi connectivity index (χ0n) is 9.90. The van der Waals surface area contributed by atoms with Crippen LogP contribution in [0.25, 0.3) is 0 Å². The van der Waals surface area contributed by atoms with Gasteiger partial charge in [-0.25, -0.2) is 0 Å². The van der Waals surface area contributed by atoms with Gasteiger partial charge in [0.25, 0.3) is 0 Å². The number of aromatic nitrogens is 2. The maximum atomic E-state index is 5.48. The van der Waals surface area contributed by atoms with Gasteiger partial charge in [-0.1, -0.05) is 18.9 Å². The minimum Gasteiger partial charge on any atom is -0.408 e. The number of rotatable bonds is 5. The molecule has 0 bridgehead atoms. The summed E-state index contributed by atoms with van der Waals surface area (Å²) in [5.74, 6) is 1.15. The first kappa shape index (κ1) is 12.0. The fourth-order valence-corrected chi connectivity index (χ4v) is 1.23. The zero-order valence-corrected chi connectivity index (χ0v) is 9.90. The van der Waals surface area contributed by atoms with E-state index in [2.05, 4.69) is 31.0 Å². The highest BCUT2D eigenvalue weighted by Gasteiger charge is 2.18. The van der Waals surface area contributed by atoms with Crippen molar-refractivity contribution >= 4 is 6.01 Å². The quantitative estimate of drug-likeness (QED) is 0.790. The highest BCUT2D eigenvalue weighted by atomic mass is 16.4. The molecule has 0 amide bonds. The fraction of sp³-hybridized carbons (Fsp3) is 0.800. The van der Waals surface area contributed by atoms with E-state index < -0.39 is 0 Å². The molecule has 1 rings (SSSR count). The Labute approximate surface area is 90.7 Å². The van der Waals surface area contributed by atoms with E-state index >= 15 is 0 Å². The molecule has 2 N–H and O–H groups in total. The van der Waals surface area contributed by atoms with Crippen LogP contribution in [0, 0.1) is 5.92 Å². The average Bonchev–Trinajstić information content (AvgIpc) is 2.64. The lowest BCUT2D eigenvalue weighted by molar-refractivity contribution is 0.440. The lowest BCUT2D eigenvalue weighted by atomic mass is 10.1. The van der Waals surface area contributed by atoms with Crippen LogP contribution in [0.4, 0.5) is 6.01 Å². The van der Waals surface area contributed by atoms with Gasteiger partial charge in [-0.05, 0) is 12.8 Å². The molecule has 15 heavy (non-hydrogen) atoms. The molecule has 0 aliphatic rings. The Kier molecular flexibility index (Phi) is 4.08. The minimum atomic E-state index is 0.371. The number of nitrogens with two attached hydrogens (primary N) is 1. The van der Waals surface area contributed by atoms with Crippen LogP contribution in [-0.2, 0) is 6.42 Å². The van der Waals surface area contributed by atoms with Crippen molar-refractivity contribution in [1.82, 2.24) is 10.2 Å². The van der Waals surface area contributed by atoms with Crippen LogP contribution < -0.4 is 10.6 Å². The molecule has 5 heteroatoms.